The molecule has 20 heavy (non-hydrogen) atoms. The van der Waals surface area contributed by atoms with Crippen LogP contribution in [-0.2, 0) is 12.8 Å². The maximum Gasteiger partial charge on any atom is 0.193 e. The van der Waals surface area contributed by atoms with Crippen LogP contribution >= 0.6 is 0 Å². The van der Waals surface area contributed by atoms with Gasteiger partial charge in [0.2, 0.25) is 0 Å². The van der Waals surface area contributed by atoms with E-state index in [1.807, 2.05) is 31.2 Å². The minimum absolute atomic E-state index is 0.0971. The number of methoxy groups -OCH3 is 1. The van der Waals surface area contributed by atoms with E-state index in [9.17, 15) is 4.79 Å². The first-order valence-corrected chi connectivity index (χ1v) is 7.00. The number of rotatable bonds is 3. The van der Waals surface area contributed by atoms with Gasteiger partial charge in [0.15, 0.2) is 5.78 Å². The Balaban J connectivity index is 1.96. The lowest BCUT2D eigenvalue weighted by Gasteiger charge is -2.08. The quantitative estimate of drug-likeness (QED) is 0.791. The molecule has 0 unspecified atom stereocenters. The van der Waals surface area contributed by atoms with Crippen molar-refractivity contribution < 1.29 is 9.53 Å². The fourth-order valence-electron chi connectivity index (χ4n) is 2.89. The van der Waals surface area contributed by atoms with Gasteiger partial charge < -0.3 is 4.74 Å². The normalized spacial score (nSPS) is 13.1. The Bertz CT molecular complexity index is 671. The second-order valence-corrected chi connectivity index (χ2v) is 5.35. The first-order chi connectivity index (χ1) is 9.69. The number of hydrogen-bond donors (Lipinski definition) is 0. The smallest absolute Gasteiger partial charge is 0.193 e. The molecule has 0 fully saturated rings. The fourth-order valence-corrected chi connectivity index (χ4v) is 2.89. The number of benzene rings is 2. The van der Waals surface area contributed by atoms with E-state index < -0.39 is 0 Å². The summed E-state index contributed by atoms with van der Waals surface area (Å²) in [5.74, 6) is 0.882. The lowest BCUT2D eigenvalue weighted by atomic mass is 9.96. The maximum atomic E-state index is 12.6. The summed E-state index contributed by atoms with van der Waals surface area (Å²) >= 11 is 0. The summed E-state index contributed by atoms with van der Waals surface area (Å²) in [5, 5.41) is 0. The molecule has 2 heteroatoms. The molecule has 0 atom stereocenters. The maximum absolute atomic E-state index is 12.6. The van der Waals surface area contributed by atoms with Gasteiger partial charge in [-0.15, -0.1) is 0 Å². The Morgan fingerprint density at radius 3 is 2.60 bits per heavy atom. The molecular weight excluding hydrogens is 248 g/mol. The zero-order valence-electron chi connectivity index (χ0n) is 11.9. The van der Waals surface area contributed by atoms with E-state index in [2.05, 4.69) is 12.1 Å². The average molecular weight is 266 g/mol. The summed E-state index contributed by atoms with van der Waals surface area (Å²) in [6, 6.07) is 11.7. The van der Waals surface area contributed by atoms with Crippen molar-refractivity contribution in [3.8, 4) is 5.75 Å². The van der Waals surface area contributed by atoms with Crippen molar-refractivity contribution >= 4 is 5.78 Å². The molecule has 1 aliphatic carbocycles. The third kappa shape index (κ3) is 2.22. The average Bonchev–Trinajstić information content (AvgIpc) is 2.93. The second-order valence-electron chi connectivity index (χ2n) is 5.35. The number of hydrogen-bond acceptors (Lipinski definition) is 2. The highest BCUT2D eigenvalue weighted by atomic mass is 16.5. The van der Waals surface area contributed by atoms with E-state index in [1.54, 1.807) is 7.11 Å². The highest BCUT2D eigenvalue weighted by Gasteiger charge is 2.16. The topological polar surface area (TPSA) is 26.3 Å². The highest BCUT2D eigenvalue weighted by Crippen LogP contribution is 2.25. The molecule has 0 saturated carbocycles. The molecule has 0 aromatic heterocycles. The third-order valence-corrected chi connectivity index (χ3v) is 4.04. The van der Waals surface area contributed by atoms with Crippen molar-refractivity contribution in [3.05, 3.63) is 64.2 Å². The molecule has 0 spiro atoms. The first-order valence-electron chi connectivity index (χ1n) is 7.00. The van der Waals surface area contributed by atoms with Crippen LogP contribution in [0.2, 0.25) is 0 Å². The van der Waals surface area contributed by atoms with E-state index in [0.29, 0.717) is 0 Å². The van der Waals surface area contributed by atoms with Gasteiger partial charge in [-0.25, -0.2) is 0 Å². The number of fused-ring (bicyclic) bond motifs is 1. The third-order valence-electron chi connectivity index (χ3n) is 4.04. The van der Waals surface area contributed by atoms with Crippen molar-refractivity contribution in [1.29, 1.82) is 0 Å². The summed E-state index contributed by atoms with van der Waals surface area (Å²) in [5.41, 5.74) is 5.23. The standard InChI is InChI=1S/C18H18O2/c1-12-10-16(20-2)8-9-17(12)18(19)15-7-6-13-4-3-5-14(13)11-15/h6-11H,3-5H2,1-2H3. The van der Waals surface area contributed by atoms with E-state index >= 15 is 0 Å². The molecule has 0 aliphatic heterocycles. The van der Waals surface area contributed by atoms with Crippen LogP contribution in [0.15, 0.2) is 36.4 Å². The van der Waals surface area contributed by atoms with Gasteiger partial charge in [0.05, 0.1) is 7.11 Å². The summed E-state index contributed by atoms with van der Waals surface area (Å²) < 4.78 is 5.18. The van der Waals surface area contributed by atoms with Gasteiger partial charge in [-0.05, 0) is 67.1 Å². The molecule has 0 amide bonds. The monoisotopic (exact) mass is 266 g/mol. The van der Waals surface area contributed by atoms with E-state index in [-0.39, 0.29) is 5.78 Å². The Morgan fingerprint density at radius 1 is 1.05 bits per heavy atom. The van der Waals surface area contributed by atoms with E-state index in [0.717, 1.165) is 35.3 Å². The van der Waals surface area contributed by atoms with Crippen LogP contribution in [-0.4, -0.2) is 12.9 Å². The lowest BCUT2D eigenvalue weighted by Crippen LogP contribution is -2.04. The minimum atomic E-state index is 0.0971. The van der Waals surface area contributed by atoms with Crippen LogP contribution in [0.1, 0.15) is 39.0 Å². The molecule has 0 saturated heterocycles. The van der Waals surface area contributed by atoms with Gasteiger partial charge in [-0.2, -0.15) is 0 Å². The zero-order valence-corrected chi connectivity index (χ0v) is 11.9. The summed E-state index contributed by atoms with van der Waals surface area (Å²) in [6.45, 7) is 1.95. The summed E-state index contributed by atoms with van der Waals surface area (Å²) in [7, 11) is 1.64. The molecule has 102 valence electrons. The van der Waals surface area contributed by atoms with E-state index in [4.69, 9.17) is 4.74 Å². The second kappa shape index (κ2) is 5.12. The van der Waals surface area contributed by atoms with Crippen molar-refractivity contribution in [2.75, 3.05) is 7.11 Å². The van der Waals surface area contributed by atoms with Crippen LogP contribution in [0.25, 0.3) is 0 Å². The number of ether oxygens (including phenoxy) is 1. The number of carbonyl (C=O) groups excluding carboxylic acids is 1. The fraction of sp³-hybridized carbons (Fsp3) is 0.278. The Morgan fingerprint density at radius 2 is 1.85 bits per heavy atom. The largest absolute Gasteiger partial charge is 0.497 e. The van der Waals surface area contributed by atoms with Crippen molar-refractivity contribution in [1.82, 2.24) is 0 Å². The Labute approximate surface area is 119 Å². The molecule has 0 bridgehead atoms. The van der Waals surface area contributed by atoms with Crippen molar-refractivity contribution in [2.45, 2.75) is 26.2 Å². The van der Waals surface area contributed by atoms with Crippen LogP contribution in [0, 0.1) is 6.92 Å². The van der Waals surface area contributed by atoms with Gasteiger partial charge in [0, 0.05) is 11.1 Å². The Kier molecular flexibility index (Phi) is 3.31. The van der Waals surface area contributed by atoms with Gasteiger partial charge in [0.1, 0.15) is 5.75 Å². The molecule has 2 aromatic rings. The van der Waals surface area contributed by atoms with Crippen molar-refractivity contribution in [3.63, 3.8) is 0 Å². The predicted octanol–water partition coefficient (Wildman–Crippen LogP) is 3.72. The number of aryl methyl sites for hydroxylation is 3. The summed E-state index contributed by atoms with van der Waals surface area (Å²) in [6.07, 6.45) is 3.44. The predicted molar refractivity (Wildman–Crippen MR) is 79.6 cm³/mol. The van der Waals surface area contributed by atoms with Crippen LogP contribution < -0.4 is 4.74 Å². The first kappa shape index (κ1) is 12.9. The molecule has 2 nitrogen and oxygen atoms in total. The minimum Gasteiger partial charge on any atom is -0.497 e. The SMILES string of the molecule is COc1ccc(C(=O)c2ccc3c(c2)CCC3)c(C)c1. The van der Waals surface area contributed by atoms with Crippen LogP contribution in [0.5, 0.6) is 5.75 Å². The van der Waals surface area contributed by atoms with Crippen LogP contribution in [0.4, 0.5) is 0 Å². The molecule has 0 radical (unpaired) electrons. The Hall–Kier alpha value is -2.09. The molecule has 0 N–H and O–H groups in total. The molecule has 1 aliphatic rings. The molecule has 0 heterocycles. The van der Waals surface area contributed by atoms with Gasteiger partial charge >= 0.3 is 0 Å². The van der Waals surface area contributed by atoms with Gasteiger partial charge in [-0.1, -0.05) is 12.1 Å². The molecule has 2 aromatic carbocycles. The summed E-state index contributed by atoms with van der Waals surface area (Å²) in [4.78, 5) is 12.6. The lowest BCUT2D eigenvalue weighted by molar-refractivity contribution is 0.103. The van der Waals surface area contributed by atoms with Crippen LogP contribution in [0.3, 0.4) is 0 Å². The van der Waals surface area contributed by atoms with Gasteiger partial charge in [0.25, 0.3) is 0 Å². The van der Waals surface area contributed by atoms with Gasteiger partial charge in [-0.3, -0.25) is 4.79 Å². The zero-order chi connectivity index (χ0) is 14.1. The van der Waals surface area contributed by atoms with E-state index in [1.165, 1.54) is 17.5 Å². The van der Waals surface area contributed by atoms with Crippen molar-refractivity contribution in [2.24, 2.45) is 0 Å². The molecule has 3 rings (SSSR count). The number of carbonyl (C=O) groups is 1. The number of ketones is 1. The highest BCUT2D eigenvalue weighted by molar-refractivity contribution is 6.10. The molecular formula is C18H18O2.